The number of amides is 1. The van der Waals surface area contributed by atoms with Gasteiger partial charge in [0, 0.05) is 10.3 Å². The van der Waals surface area contributed by atoms with Gasteiger partial charge in [0.05, 0.1) is 18.4 Å². The molecule has 1 amide bonds. The van der Waals surface area contributed by atoms with Gasteiger partial charge in [-0.1, -0.05) is 35.6 Å². The second-order valence-corrected chi connectivity index (χ2v) is 9.19. The second kappa shape index (κ2) is 7.98. The average Bonchev–Trinajstić information content (AvgIpc) is 3.59. The Bertz CT molecular complexity index is 1410. The first-order chi connectivity index (χ1) is 15.9. The minimum atomic E-state index is -0.922. The lowest BCUT2D eigenvalue weighted by Crippen LogP contribution is -2.30. The number of aliphatic hydroxyl groups is 1. The number of ether oxygens (including phenoxy) is 1. The van der Waals surface area contributed by atoms with Gasteiger partial charge in [-0.15, -0.1) is 11.3 Å². The van der Waals surface area contributed by atoms with Gasteiger partial charge in [-0.3, -0.25) is 14.5 Å². The molecule has 33 heavy (non-hydrogen) atoms. The van der Waals surface area contributed by atoms with Crippen molar-refractivity contribution in [2.75, 3.05) is 12.0 Å². The van der Waals surface area contributed by atoms with Crippen LogP contribution in [0, 0.1) is 6.92 Å². The number of carbonyl (C=O) groups excluding carboxylic acids is 3. The van der Waals surface area contributed by atoms with E-state index in [4.69, 9.17) is 9.15 Å². The third-order valence-electron chi connectivity index (χ3n) is 5.28. The Morgan fingerprint density at radius 1 is 1.21 bits per heavy atom. The normalized spacial score (nSPS) is 16.1. The molecule has 1 N–H and O–H groups in total. The number of para-hydroxylation sites is 1. The van der Waals surface area contributed by atoms with Crippen LogP contribution in [0.15, 0.2) is 63.6 Å². The van der Waals surface area contributed by atoms with E-state index in [0.717, 1.165) is 16.7 Å². The summed E-state index contributed by atoms with van der Waals surface area (Å²) >= 11 is 2.29. The molecule has 10 heteroatoms. The molecule has 166 valence electrons. The number of nitrogens with zero attached hydrogens (tertiary/aromatic N) is 2. The van der Waals surface area contributed by atoms with Crippen LogP contribution >= 0.6 is 22.7 Å². The van der Waals surface area contributed by atoms with E-state index in [-0.39, 0.29) is 21.3 Å². The molecule has 3 aromatic heterocycles. The molecule has 0 saturated heterocycles. The van der Waals surface area contributed by atoms with Crippen molar-refractivity contribution in [2.45, 2.75) is 13.0 Å². The number of thiophene rings is 1. The number of furan rings is 1. The average molecular weight is 481 g/mol. The number of aryl methyl sites for hydroxylation is 1. The number of methoxy groups -OCH3 is 1. The number of aromatic nitrogens is 1. The van der Waals surface area contributed by atoms with Crippen molar-refractivity contribution in [3.8, 4) is 0 Å². The number of aliphatic hydroxyl groups excluding tert-OH is 1. The van der Waals surface area contributed by atoms with Gasteiger partial charge in [-0.2, -0.15) is 0 Å². The van der Waals surface area contributed by atoms with E-state index < -0.39 is 29.5 Å². The quantitative estimate of drug-likeness (QED) is 0.322. The fourth-order valence-electron chi connectivity index (χ4n) is 3.74. The SMILES string of the molecule is COC(=O)c1sc(N2C(=O)C(O)=C(C(=O)c3cc4ccccc4o3)[C@@H]2c2cccs2)nc1C. The van der Waals surface area contributed by atoms with Gasteiger partial charge in [0.25, 0.3) is 5.91 Å². The Hall–Kier alpha value is -3.76. The van der Waals surface area contributed by atoms with Crippen LogP contribution < -0.4 is 4.90 Å². The Balaban J connectivity index is 1.63. The zero-order chi connectivity index (χ0) is 23.3. The van der Waals surface area contributed by atoms with Crippen molar-refractivity contribution >= 4 is 56.4 Å². The summed E-state index contributed by atoms with van der Waals surface area (Å²) in [7, 11) is 1.26. The third kappa shape index (κ3) is 3.35. The van der Waals surface area contributed by atoms with Gasteiger partial charge in [0.2, 0.25) is 5.78 Å². The van der Waals surface area contributed by atoms with Crippen LogP contribution in [0.25, 0.3) is 11.0 Å². The molecule has 5 rings (SSSR count). The van der Waals surface area contributed by atoms with Crippen molar-refractivity contribution in [1.29, 1.82) is 0 Å². The summed E-state index contributed by atoms with van der Waals surface area (Å²) in [6.07, 6.45) is 0. The summed E-state index contributed by atoms with van der Waals surface area (Å²) in [5.41, 5.74) is 0.804. The second-order valence-electron chi connectivity index (χ2n) is 7.24. The van der Waals surface area contributed by atoms with Crippen LogP contribution in [0.5, 0.6) is 0 Å². The van der Waals surface area contributed by atoms with E-state index in [1.54, 1.807) is 43.3 Å². The Morgan fingerprint density at radius 3 is 2.70 bits per heavy atom. The molecule has 1 aliphatic rings. The molecular weight excluding hydrogens is 464 g/mol. The number of esters is 1. The standard InChI is InChI=1S/C23H16N2O6S2/c1-11-20(22(29)30-2)33-23(24-11)25-17(15-8-5-9-32-15)16(19(27)21(25)28)18(26)14-10-12-6-3-4-7-13(12)31-14/h3-10,17,27H,1-2H3/t17-/m0/s1. The summed E-state index contributed by atoms with van der Waals surface area (Å²) in [5.74, 6) is -2.62. The molecule has 1 aromatic carbocycles. The number of fused-ring (bicyclic) bond motifs is 1. The van der Waals surface area contributed by atoms with Crippen LogP contribution in [-0.2, 0) is 9.53 Å². The van der Waals surface area contributed by atoms with Crippen LogP contribution in [-0.4, -0.2) is 34.9 Å². The summed E-state index contributed by atoms with van der Waals surface area (Å²) < 4.78 is 10.5. The first-order valence-corrected chi connectivity index (χ1v) is 11.5. The molecule has 1 atom stereocenters. The maximum absolute atomic E-state index is 13.5. The molecule has 0 bridgehead atoms. The number of hydrogen-bond donors (Lipinski definition) is 1. The molecule has 0 saturated carbocycles. The Labute approximate surface area is 195 Å². The van der Waals surface area contributed by atoms with E-state index in [1.165, 1.54) is 23.3 Å². The highest BCUT2D eigenvalue weighted by molar-refractivity contribution is 7.17. The van der Waals surface area contributed by atoms with E-state index in [0.29, 0.717) is 16.2 Å². The zero-order valence-corrected chi connectivity index (χ0v) is 19.0. The van der Waals surface area contributed by atoms with Gasteiger partial charge in [0.15, 0.2) is 16.7 Å². The number of benzene rings is 1. The topological polar surface area (TPSA) is 110 Å². The van der Waals surface area contributed by atoms with Crippen molar-refractivity contribution < 1.29 is 28.6 Å². The molecular formula is C23H16N2O6S2. The highest BCUT2D eigenvalue weighted by Gasteiger charge is 2.47. The minimum Gasteiger partial charge on any atom is -0.503 e. The van der Waals surface area contributed by atoms with Crippen molar-refractivity contribution in [3.05, 3.63) is 80.4 Å². The number of ketones is 1. The lowest BCUT2D eigenvalue weighted by Gasteiger charge is -2.22. The molecule has 0 radical (unpaired) electrons. The number of Topliss-reactive ketones (excluding diaryl/α,β-unsaturated/α-hetero) is 1. The first-order valence-electron chi connectivity index (χ1n) is 9.79. The number of thiazole rings is 1. The lowest BCUT2D eigenvalue weighted by molar-refractivity contribution is -0.117. The predicted octanol–water partition coefficient (Wildman–Crippen LogP) is 4.83. The van der Waals surface area contributed by atoms with Crippen LogP contribution in [0.3, 0.4) is 0 Å². The number of carbonyl (C=O) groups is 3. The highest BCUT2D eigenvalue weighted by Crippen LogP contribution is 2.45. The fraction of sp³-hybridized carbons (Fsp3) is 0.130. The Kier molecular flexibility index (Phi) is 5.10. The minimum absolute atomic E-state index is 0.0134. The van der Waals surface area contributed by atoms with Gasteiger partial charge in [-0.05, 0) is 30.5 Å². The molecule has 0 unspecified atom stereocenters. The number of anilines is 1. The molecule has 8 nitrogen and oxygen atoms in total. The zero-order valence-electron chi connectivity index (χ0n) is 17.4. The number of rotatable bonds is 5. The fourth-order valence-corrected chi connectivity index (χ4v) is 5.58. The van der Waals surface area contributed by atoms with Crippen molar-refractivity contribution in [2.24, 2.45) is 0 Å². The number of hydrogen-bond acceptors (Lipinski definition) is 9. The van der Waals surface area contributed by atoms with Gasteiger partial charge < -0.3 is 14.3 Å². The van der Waals surface area contributed by atoms with Crippen LogP contribution in [0.2, 0.25) is 0 Å². The summed E-state index contributed by atoms with van der Waals surface area (Å²) in [4.78, 5) is 45.3. The monoisotopic (exact) mass is 480 g/mol. The molecule has 4 heterocycles. The largest absolute Gasteiger partial charge is 0.503 e. The maximum atomic E-state index is 13.5. The van der Waals surface area contributed by atoms with Gasteiger partial charge in [-0.25, -0.2) is 9.78 Å². The smallest absolute Gasteiger partial charge is 0.350 e. The summed E-state index contributed by atoms with van der Waals surface area (Å²) in [6, 6.07) is 11.4. The van der Waals surface area contributed by atoms with E-state index in [2.05, 4.69) is 4.98 Å². The molecule has 0 fully saturated rings. The van der Waals surface area contributed by atoms with Gasteiger partial charge >= 0.3 is 5.97 Å². The summed E-state index contributed by atoms with van der Waals surface area (Å²) in [5, 5.41) is 13.5. The van der Waals surface area contributed by atoms with E-state index >= 15 is 0 Å². The molecule has 1 aliphatic heterocycles. The maximum Gasteiger partial charge on any atom is 0.350 e. The molecule has 0 aliphatic carbocycles. The van der Waals surface area contributed by atoms with Crippen LogP contribution in [0.4, 0.5) is 5.13 Å². The third-order valence-corrected chi connectivity index (χ3v) is 7.34. The predicted molar refractivity (Wildman–Crippen MR) is 123 cm³/mol. The Morgan fingerprint density at radius 2 is 2.00 bits per heavy atom. The highest BCUT2D eigenvalue weighted by atomic mass is 32.1. The lowest BCUT2D eigenvalue weighted by atomic mass is 10.0. The van der Waals surface area contributed by atoms with Crippen molar-refractivity contribution in [1.82, 2.24) is 4.98 Å². The van der Waals surface area contributed by atoms with E-state index in [1.807, 2.05) is 11.4 Å². The first kappa shape index (κ1) is 21.1. The van der Waals surface area contributed by atoms with Gasteiger partial charge in [0.1, 0.15) is 16.5 Å². The summed E-state index contributed by atoms with van der Waals surface area (Å²) in [6.45, 7) is 1.63. The molecule has 4 aromatic rings. The molecule has 0 spiro atoms. The van der Waals surface area contributed by atoms with E-state index in [9.17, 15) is 19.5 Å². The van der Waals surface area contributed by atoms with Crippen molar-refractivity contribution in [3.63, 3.8) is 0 Å². The van der Waals surface area contributed by atoms with Crippen LogP contribution in [0.1, 0.15) is 36.8 Å².